The molecule has 1 aromatic heterocycles. The monoisotopic (exact) mass is 309 g/mol. The molecule has 0 radical (unpaired) electrons. The Morgan fingerprint density at radius 2 is 2.00 bits per heavy atom. The van der Waals surface area contributed by atoms with Crippen LogP contribution in [0.3, 0.4) is 0 Å². The van der Waals surface area contributed by atoms with Gasteiger partial charge < -0.3 is 5.32 Å². The topological polar surface area (TPSA) is 54.9 Å². The third-order valence-electron chi connectivity index (χ3n) is 4.58. The lowest BCUT2D eigenvalue weighted by atomic mass is 9.92. The van der Waals surface area contributed by atoms with E-state index in [1.54, 1.807) is 0 Å². The lowest BCUT2D eigenvalue weighted by Gasteiger charge is -2.21. The summed E-state index contributed by atoms with van der Waals surface area (Å²) in [6.07, 6.45) is 3.41. The molecule has 0 spiro atoms. The number of rotatable bonds is 4. The molecule has 2 aromatic rings. The first-order chi connectivity index (χ1) is 11.1. The van der Waals surface area contributed by atoms with E-state index in [0.29, 0.717) is 5.82 Å². The van der Waals surface area contributed by atoms with Crippen molar-refractivity contribution < 1.29 is 4.79 Å². The Bertz CT molecular complexity index is 739. The van der Waals surface area contributed by atoms with Crippen LogP contribution in [0.15, 0.2) is 24.3 Å². The van der Waals surface area contributed by atoms with Crippen LogP contribution in [0.2, 0.25) is 0 Å². The van der Waals surface area contributed by atoms with Crippen molar-refractivity contribution in [2.45, 2.75) is 46.5 Å². The summed E-state index contributed by atoms with van der Waals surface area (Å²) in [6, 6.07) is 8.38. The van der Waals surface area contributed by atoms with Crippen LogP contribution in [0.25, 0.3) is 11.3 Å². The molecule has 1 aliphatic rings. The molecule has 1 amide bonds. The van der Waals surface area contributed by atoms with Crippen LogP contribution in [-0.4, -0.2) is 15.9 Å². The number of nitrogens with zero attached hydrogens (tertiary/aromatic N) is 2. The van der Waals surface area contributed by atoms with Crippen molar-refractivity contribution in [1.82, 2.24) is 9.97 Å². The van der Waals surface area contributed by atoms with Gasteiger partial charge in [-0.1, -0.05) is 45.0 Å². The van der Waals surface area contributed by atoms with Gasteiger partial charge in [0.05, 0.1) is 17.1 Å². The van der Waals surface area contributed by atoms with Gasteiger partial charge in [0.25, 0.3) is 0 Å². The van der Waals surface area contributed by atoms with Gasteiger partial charge in [-0.15, -0.1) is 0 Å². The highest BCUT2D eigenvalue weighted by atomic mass is 16.1. The molecule has 120 valence electrons. The van der Waals surface area contributed by atoms with Gasteiger partial charge in [-0.25, -0.2) is 9.97 Å². The van der Waals surface area contributed by atoms with Crippen molar-refractivity contribution in [2.75, 3.05) is 5.32 Å². The van der Waals surface area contributed by atoms with Gasteiger partial charge in [0.2, 0.25) is 5.91 Å². The van der Waals surface area contributed by atoms with Crippen LogP contribution in [0.4, 0.5) is 5.82 Å². The van der Waals surface area contributed by atoms with E-state index in [9.17, 15) is 4.79 Å². The lowest BCUT2D eigenvalue weighted by Crippen LogP contribution is -2.23. The molecule has 0 saturated carbocycles. The van der Waals surface area contributed by atoms with Gasteiger partial charge in [0.1, 0.15) is 0 Å². The fourth-order valence-electron chi connectivity index (χ4n) is 2.89. The first-order valence-corrected chi connectivity index (χ1v) is 8.43. The summed E-state index contributed by atoms with van der Waals surface area (Å²) in [5.41, 5.74) is 5.33. The Kier molecular flexibility index (Phi) is 4.42. The van der Waals surface area contributed by atoms with Crippen molar-refractivity contribution in [2.24, 2.45) is 5.92 Å². The summed E-state index contributed by atoms with van der Waals surface area (Å²) >= 11 is 0. The van der Waals surface area contributed by atoms with E-state index in [4.69, 9.17) is 9.97 Å². The van der Waals surface area contributed by atoms with Crippen LogP contribution in [0.1, 0.15) is 44.1 Å². The van der Waals surface area contributed by atoms with E-state index in [1.807, 2.05) is 26.8 Å². The maximum absolute atomic E-state index is 12.2. The summed E-state index contributed by atoms with van der Waals surface area (Å²) in [7, 11) is 0. The van der Waals surface area contributed by atoms with Crippen molar-refractivity contribution in [3.63, 3.8) is 0 Å². The first-order valence-electron chi connectivity index (χ1n) is 8.43. The summed E-state index contributed by atoms with van der Waals surface area (Å²) < 4.78 is 0. The minimum absolute atomic E-state index is 0.0155. The zero-order valence-electron chi connectivity index (χ0n) is 14.0. The molecule has 3 rings (SSSR count). The van der Waals surface area contributed by atoms with Gasteiger partial charge in [0.15, 0.2) is 5.82 Å². The molecule has 4 heteroatoms. The first kappa shape index (κ1) is 15.7. The average Bonchev–Trinajstić information content (AvgIpc) is 2.60. The van der Waals surface area contributed by atoms with Crippen molar-refractivity contribution in [3.05, 3.63) is 41.2 Å². The number of benzene rings is 1. The van der Waals surface area contributed by atoms with Crippen LogP contribution >= 0.6 is 0 Å². The van der Waals surface area contributed by atoms with Gasteiger partial charge in [0, 0.05) is 11.5 Å². The highest BCUT2D eigenvalue weighted by molar-refractivity contribution is 5.92. The minimum atomic E-state index is -0.0155. The van der Waals surface area contributed by atoms with Crippen molar-refractivity contribution in [3.8, 4) is 11.3 Å². The van der Waals surface area contributed by atoms with Crippen molar-refractivity contribution >= 4 is 11.7 Å². The fourth-order valence-corrected chi connectivity index (χ4v) is 2.89. The van der Waals surface area contributed by atoms with Crippen LogP contribution in [0, 0.1) is 5.92 Å². The Morgan fingerprint density at radius 1 is 1.22 bits per heavy atom. The Balaban J connectivity index is 2.01. The number of carbonyl (C=O) groups is 1. The van der Waals surface area contributed by atoms with E-state index in [1.165, 1.54) is 11.1 Å². The zero-order valence-corrected chi connectivity index (χ0v) is 14.0. The zero-order chi connectivity index (χ0) is 16.4. The number of aromatic nitrogens is 2. The molecule has 0 fully saturated rings. The molecule has 1 N–H and O–H groups in total. The molecule has 1 aliphatic carbocycles. The van der Waals surface area contributed by atoms with E-state index in [-0.39, 0.29) is 11.8 Å². The number of aryl methyl sites for hydroxylation is 3. The number of anilines is 1. The normalized spacial score (nSPS) is 13.9. The third kappa shape index (κ3) is 2.98. The predicted octanol–water partition coefficient (Wildman–Crippen LogP) is 3.79. The number of amides is 1. The smallest absolute Gasteiger partial charge is 0.228 e. The number of hydrogen-bond acceptors (Lipinski definition) is 3. The Hall–Kier alpha value is -2.23. The number of carbonyl (C=O) groups excluding carboxylic acids is 1. The summed E-state index contributed by atoms with van der Waals surface area (Å²) in [5, 5.41) is 2.97. The van der Waals surface area contributed by atoms with Crippen LogP contribution < -0.4 is 5.32 Å². The highest BCUT2D eigenvalue weighted by Crippen LogP contribution is 2.32. The highest BCUT2D eigenvalue weighted by Gasteiger charge is 2.22. The Morgan fingerprint density at radius 3 is 2.74 bits per heavy atom. The van der Waals surface area contributed by atoms with Crippen LogP contribution in [-0.2, 0) is 24.1 Å². The molecule has 1 heterocycles. The third-order valence-corrected chi connectivity index (χ3v) is 4.58. The maximum atomic E-state index is 12.2. The van der Waals surface area contributed by atoms with Crippen molar-refractivity contribution in [1.29, 1.82) is 0 Å². The summed E-state index contributed by atoms with van der Waals surface area (Å²) in [5.74, 6) is 0.641. The number of hydrogen-bond donors (Lipinski definition) is 1. The molecule has 4 nitrogen and oxygen atoms in total. The van der Waals surface area contributed by atoms with Gasteiger partial charge in [-0.3, -0.25) is 4.79 Å². The van der Waals surface area contributed by atoms with Gasteiger partial charge in [-0.05, 0) is 31.2 Å². The van der Waals surface area contributed by atoms with Gasteiger partial charge >= 0.3 is 0 Å². The van der Waals surface area contributed by atoms with E-state index < -0.39 is 0 Å². The summed E-state index contributed by atoms with van der Waals surface area (Å²) in [6.45, 7) is 5.99. The average molecular weight is 309 g/mol. The lowest BCUT2D eigenvalue weighted by molar-refractivity contribution is -0.119. The Labute approximate surface area is 137 Å². The van der Waals surface area contributed by atoms with Gasteiger partial charge in [-0.2, -0.15) is 0 Å². The largest absolute Gasteiger partial charge is 0.309 e. The molecule has 1 unspecified atom stereocenters. The SMILES string of the molecule is CCc1nc2c(nc1NC(=O)C(C)CC)CCc1ccccc1-2. The fraction of sp³-hybridized carbons (Fsp3) is 0.421. The molecule has 0 bridgehead atoms. The van der Waals surface area contributed by atoms with E-state index in [0.717, 1.165) is 42.8 Å². The second-order valence-corrected chi connectivity index (χ2v) is 6.12. The van der Waals surface area contributed by atoms with E-state index in [2.05, 4.69) is 23.5 Å². The van der Waals surface area contributed by atoms with E-state index >= 15 is 0 Å². The standard InChI is InChI=1S/C19H23N3O/c1-4-12(3)19(23)22-18-15(5-2)20-17-14-9-7-6-8-13(14)10-11-16(17)21-18/h6-9,12H,4-5,10-11H2,1-3H3,(H,21,22,23). The summed E-state index contributed by atoms with van der Waals surface area (Å²) in [4.78, 5) is 21.8. The molecular weight excluding hydrogens is 286 g/mol. The minimum Gasteiger partial charge on any atom is -0.309 e. The van der Waals surface area contributed by atoms with Crippen LogP contribution in [0.5, 0.6) is 0 Å². The quantitative estimate of drug-likeness (QED) is 0.935. The molecule has 23 heavy (non-hydrogen) atoms. The molecule has 1 atom stereocenters. The number of fused-ring (bicyclic) bond motifs is 3. The molecule has 1 aromatic carbocycles. The maximum Gasteiger partial charge on any atom is 0.228 e. The second-order valence-electron chi connectivity index (χ2n) is 6.12. The molecular formula is C19H23N3O. The molecule has 0 aliphatic heterocycles. The molecule has 0 saturated heterocycles. The second kappa shape index (κ2) is 6.49. The predicted molar refractivity (Wildman–Crippen MR) is 92.3 cm³/mol. The number of nitrogens with one attached hydrogen (secondary N) is 1.